The second-order valence-corrected chi connectivity index (χ2v) is 6.17. The molecule has 0 aliphatic heterocycles. The molecule has 104 valence electrons. The molecule has 0 aromatic heterocycles. The van der Waals surface area contributed by atoms with Crippen molar-refractivity contribution >= 4 is 0 Å². The van der Waals surface area contributed by atoms with Gasteiger partial charge in [-0.05, 0) is 24.9 Å². The van der Waals surface area contributed by atoms with Gasteiger partial charge in [-0.1, -0.05) is 48.0 Å². The molecule has 17 heavy (non-hydrogen) atoms. The van der Waals surface area contributed by atoms with Crippen LogP contribution in [0.5, 0.6) is 0 Å². The highest BCUT2D eigenvalue weighted by Gasteiger charge is 2.41. The van der Waals surface area contributed by atoms with Crippen molar-refractivity contribution in [1.29, 1.82) is 0 Å². The maximum Gasteiger partial charge on any atom is 0.0535 e. The van der Waals surface area contributed by atoms with Crippen LogP contribution in [0.4, 0.5) is 0 Å². The SMILES string of the molecule is CCCC(COC)(CN(CC)CC)C(C)(C)C. The van der Waals surface area contributed by atoms with Gasteiger partial charge in [0.25, 0.3) is 0 Å². The second-order valence-electron chi connectivity index (χ2n) is 6.17. The molecule has 2 nitrogen and oxygen atoms in total. The minimum Gasteiger partial charge on any atom is -0.384 e. The van der Waals surface area contributed by atoms with E-state index < -0.39 is 0 Å². The van der Waals surface area contributed by atoms with Crippen molar-refractivity contribution in [3.63, 3.8) is 0 Å². The zero-order valence-electron chi connectivity index (χ0n) is 13.1. The Morgan fingerprint density at radius 2 is 1.53 bits per heavy atom. The summed E-state index contributed by atoms with van der Waals surface area (Å²) in [4.78, 5) is 2.53. The van der Waals surface area contributed by atoms with Crippen LogP contribution in [-0.2, 0) is 4.74 Å². The third-order valence-corrected chi connectivity index (χ3v) is 4.16. The van der Waals surface area contributed by atoms with Crippen LogP contribution in [0.2, 0.25) is 0 Å². The van der Waals surface area contributed by atoms with Crippen LogP contribution in [0.15, 0.2) is 0 Å². The van der Waals surface area contributed by atoms with E-state index in [9.17, 15) is 0 Å². The number of hydrogen-bond donors (Lipinski definition) is 0. The highest BCUT2D eigenvalue weighted by atomic mass is 16.5. The fourth-order valence-electron chi connectivity index (χ4n) is 2.66. The Labute approximate surface area is 109 Å². The van der Waals surface area contributed by atoms with Gasteiger partial charge >= 0.3 is 0 Å². The lowest BCUT2D eigenvalue weighted by atomic mass is 9.64. The summed E-state index contributed by atoms with van der Waals surface area (Å²) in [6, 6.07) is 0. The van der Waals surface area contributed by atoms with Crippen LogP contribution < -0.4 is 0 Å². The summed E-state index contributed by atoms with van der Waals surface area (Å²) in [5, 5.41) is 0. The summed E-state index contributed by atoms with van der Waals surface area (Å²) in [5.41, 5.74) is 0.546. The molecule has 0 spiro atoms. The van der Waals surface area contributed by atoms with Crippen LogP contribution in [0, 0.1) is 10.8 Å². The van der Waals surface area contributed by atoms with Crippen LogP contribution in [-0.4, -0.2) is 38.3 Å². The van der Waals surface area contributed by atoms with E-state index in [1.807, 2.05) is 7.11 Å². The number of nitrogens with zero attached hydrogens (tertiary/aromatic N) is 1. The first-order chi connectivity index (χ1) is 7.86. The first-order valence-corrected chi connectivity index (χ1v) is 7.08. The van der Waals surface area contributed by atoms with Crippen LogP contribution in [0.3, 0.4) is 0 Å². The van der Waals surface area contributed by atoms with Gasteiger partial charge in [0.05, 0.1) is 6.61 Å². The number of ether oxygens (including phenoxy) is 1. The maximum absolute atomic E-state index is 5.55. The standard InChI is InChI=1S/C15H33NO/c1-8-11-15(13-17-7,14(4,5)6)12-16(9-2)10-3/h8-13H2,1-7H3. The van der Waals surface area contributed by atoms with Gasteiger partial charge in [-0.2, -0.15) is 0 Å². The summed E-state index contributed by atoms with van der Waals surface area (Å²) in [7, 11) is 1.83. The monoisotopic (exact) mass is 243 g/mol. The number of hydrogen-bond acceptors (Lipinski definition) is 2. The molecule has 0 aliphatic rings. The highest BCUT2D eigenvalue weighted by Crippen LogP contribution is 2.43. The summed E-state index contributed by atoms with van der Waals surface area (Å²) >= 11 is 0. The molecule has 0 aromatic rings. The highest BCUT2D eigenvalue weighted by molar-refractivity contribution is 4.92. The van der Waals surface area contributed by atoms with Gasteiger partial charge < -0.3 is 9.64 Å². The first-order valence-electron chi connectivity index (χ1n) is 7.08. The predicted octanol–water partition coefficient (Wildman–Crippen LogP) is 3.81. The van der Waals surface area contributed by atoms with E-state index in [1.165, 1.54) is 12.8 Å². The van der Waals surface area contributed by atoms with E-state index in [2.05, 4.69) is 46.4 Å². The van der Waals surface area contributed by atoms with Crippen molar-refractivity contribution < 1.29 is 4.74 Å². The molecule has 0 saturated heterocycles. The smallest absolute Gasteiger partial charge is 0.0535 e. The molecule has 1 unspecified atom stereocenters. The van der Waals surface area contributed by atoms with Gasteiger partial charge in [-0.3, -0.25) is 0 Å². The largest absolute Gasteiger partial charge is 0.384 e. The lowest BCUT2D eigenvalue weighted by Gasteiger charge is -2.47. The van der Waals surface area contributed by atoms with Gasteiger partial charge in [-0.25, -0.2) is 0 Å². The fourth-order valence-corrected chi connectivity index (χ4v) is 2.66. The molecule has 0 bridgehead atoms. The van der Waals surface area contributed by atoms with Gasteiger partial charge in [-0.15, -0.1) is 0 Å². The molecule has 0 fully saturated rings. The normalized spacial score (nSPS) is 16.2. The Bertz CT molecular complexity index is 186. The van der Waals surface area contributed by atoms with Crippen molar-refractivity contribution in [2.45, 2.75) is 54.4 Å². The Morgan fingerprint density at radius 1 is 1.00 bits per heavy atom. The van der Waals surface area contributed by atoms with E-state index >= 15 is 0 Å². The predicted molar refractivity (Wildman–Crippen MR) is 76.5 cm³/mol. The summed E-state index contributed by atoms with van der Waals surface area (Å²) in [5.74, 6) is 0. The van der Waals surface area contributed by atoms with Crippen LogP contribution in [0.1, 0.15) is 54.4 Å². The Balaban J connectivity index is 5.02. The van der Waals surface area contributed by atoms with Gasteiger partial charge in [0.1, 0.15) is 0 Å². The Hall–Kier alpha value is -0.0800. The zero-order valence-corrected chi connectivity index (χ0v) is 13.1. The lowest BCUT2D eigenvalue weighted by Crippen LogP contribution is -2.48. The molecule has 0 amide bonds. The molecule has 0 rings (SSSR count). The van der Waals surface area contributed by atoms with Gasteiger partial charge in [0, 0.05) is 19.1 Å². The summed E-state index contributed by atoms with van der Waals surface area (Å²) in [6.45, 7) is 18.1. The topological polar surface area (TPSA) is 12.5 Å². The van der Waals surface area contributed by atoms with Crippen molar-refractivity contribution in [3.8, 4) is 0 Å². The lowest BCUT2D eigenvalue weighted by molar-refractivity contribution is -0.0381. The molecule has 0 N–H and O–H groups in total. The Kier molecular flexibility index (Phi) is 7.34. The summed E-state index contributed by atoms with van der Waals surface area (Å²) < 4.78 is 5.55. The Morgan fingerprint density at radius 3 is 1.82 bits per heavy atom. The van der Waals surface area contributed by atoms with E-state index in [-0.39, 0.29) is 10.8 Å². The molecule has 0 heterocycles. The molecule has 2 heteroatoms. The molecule has 0 radical (unpaired) electrons. The zero-order chi connectivity index (χ0) is 13.5. The molecule has 0 saturated carbocycles. The average Bonchev–Trinajstić information content (AvgIpc) is 2.24. The van der Waals surface area contributed by atoms with E-state index in [1.54, 1.807) is 0 Å². The summed E-state index contributed by atoms with van der Waals surface area (Å²) in [6.07, 6.45) is 2.46. The van der Waals surface area contributed by atoms with Crippen molar-refractivity contribution in [2.75, 3.05) is 33.4 Å². The molecular formula is C15H33NO. The fraction of sp³-hybridized carbons (Fsp3) is 1.00. The van der Waals surface area contributed by atoms with Gasteiger partial charge in [0.15, 0.2) is 0 Å². The number of methoxy groups -OCH3 is 1. The van der Waals surface area contributed by atoms with Crippen LogP contribution in [0.25, 0.3) is 0 Å². The van der Waals surface area contributed by atoms with Crippen molar-refractivity contribution in [3.05, 3.63) is 0 Å². The molecular weight excluding hydrogens is 210 g/mol. The second kappa shape index (κ2) is 7.38. The van der Waals surface area contributed by atoms with E-state index in [0.717, 1.165) is 26.2 Å². The van der Waals surface area contributed by atoms with E-state index in [0.29, 0.717) is 0 Å². The maximum atomic E-state index is 5.55. The molecule has 1 atom stereocenters. The van der Waals surface area contributed by atoms with Crippen molar-refractivity contribution in [2.24, 2.45) is 10.8 Å². The molecule has 0 aromatic carbocycles. The number of rotatable bonds is 8. The van der Waals surface area contributed by atoms with Crippen molar-refractivity contribution in [1.82, 2.24) is 4.90 Å². The van der Waals surface area contributed by atoms with E-state index in [4.69, 9.17) is 4.74 Å². The van der Waals surface area contributed by atoms with Crippen LogP contribution >= 0.6 is 0 Å². The molecule has 0 aliphatic carbocycles. The van der Waals surface area contributed by atoms with Gasteiger partial charge in [0.2, 0.25) is 0 Å². The third-order valence-electron chi connectivity index (χ3n) is 4.16. The minimum atomic E-state index is 0.266. The third kappa shape index (κ3) is 4.59. The average molecular weight is 243 g/mol. The quantitative estimate of drug-likeness (QED) is 0.643. The first kappa shape index (κ1) is 16.9. The minimum absolute atomic E-state index is 0.266.